The Morgan fingerprint density at radius 3 is 2.38 bits per heavy atom. The number of nitrogens with one attached hydrogen (secondary N) is 1. The number of carbonyl (C=O) groups excluding carboxylic acids is 2. The number of carbonyl (C=O) groups is 2. The highest BCUT2D eigenvalue weighted by Gasteiger charge is 2.22. The first-order valence-electron chi connectivity index (χ1n) is 7.89. The molecule has 0 aliphatic carbocycles. The molecule has 1 atom stereocenters. The van der Waals surface area contributed by atoms with Gasteiger partial charge in [0.05, 0.1) is 17.1 Å². The van der Waals surface area contributed by atoms with Crippen molar-refractivity contribution in [1.29, 1.82) is 0 Å². The molecule has 0 saturated carbocycles. The van der Waals surface area contributed by atoms with Crippen LogP contribution < -0.4 is 11.1 Å². The number of benzene rings is 2. The number of primary amides is 1. The van der Waals surface area contributed by atoms with E-state index in [0.29, 0.717) is 5.56 Å². The highest BCUT2D eigenvalue weighted by atomic mass is 32.2. The smallest absolute Gasteiger partial charge is 0.240 e. The molecule has 2 amide bonds. The average Bonchev–Trinajstić information content (AvgIpc) is 2.59. The van der Waals surface area contributed by atoms with Gasteiger partial charge >= 0.3 is 0 Å². The number of sulfone groups is 1. The van der Waals surface area contributed by atoms with Crippen molar-refractivity contribution in [2.24, 2.45) is 5.73 Å². The van der Waals surface area contributed by atoms with Crippen LogP contribution >= 0.6 is 0 Å². The summed E-state index contributed by atoms with van der Waals surface area (Å²) in [6, 6.07) is 12.2. The Kier molecular flexibility index (Phi) is 6.46. The second kappa shape index (κ2) is 8.57. The fourth-order valence-corrected chi connectivity index (χ4v) is 3.74. The summed E-state index contributed by atoms with van der Waals surface area (Å²) in [6.07, 6.45) is -0.297. The van der Waals surface area contributed by atoms with Crippen LogP contribution in [0.15, 0.2) is 59.5 Å². The Morgan fingerprint density at radius 1 is 1.08 bits per heavy atom. The quantitative estimate of drug-likeness (QED) is 0.720. The van der Waals surface area contributed by atoms with E-state index in [9.17, 15) is 22.4 Å². The Balaban J connectivity index is 1.98. The van der Waals surface area contributed by atoms with Crippen LogP contribution in [0.5, 0.6) is 0 Å². The molecule has 26 heavy (non-hydrogen) atoms. The third kappa shape index (κ3) is 5.66. The second-order valence-electron chi connectivity index (χ2n) is 5.75. The van der Waals surface area contributed by atoms with E-state index in [1.54, 1.807) is 24.3 Å². The van der Waals surface area contributed by atoms with E-state index in [0.717, 1.165) is 0 Å². The van der Waals surface area contributed by atoms with Gasteiger partial charge in [-0.15, -0.1) is 0 Å². The molecule has 0 heterocycles. The molecule has 0 fully saturated rings. The van der Waals surface area contributed by atoms with Gasteiger partial charge in [-0.1, -0.05) is 30.3 Å². The number of amides is 2. The van der Waals surface area contributed by atoms with Crippen molar-refractivity contribution < 1.29 is 22.4 Å². The van der Waals surface area contributed by atoms with Gasteiger partial charge in [0, 0.05) is 0 Å². The maximum atomic E-state index is 13.1. The van der Waals surface area contributed by atoms with Gasteiger partial charge in [0.25, 0.3) is 0 Å². The van der Waals surface area contributed by atoms with Crippen LogP contribution in [0.4, 0.5) is 4.39 Å². The molecular formula is C18H19FN2O4S. The van der Waals surface area contributed by atoms with E-state index in [-0.39, 0.29) is 23.5 Å². The third-order valence-electron chi connectivity index (χ3n) is 3.71. The van der Waals surface area contributed by atoms with Gasteiger partial charge in [0.15, 0.2) is 9.84 Å². The summed E-state index contributed by atoms with van der Waals surface area (Å²) in [5.41, 5.74) is 5.70. The minimum Gasteiger partial charge on any atom is -0.368 e. The molecule has 3 N–H and O–H groups in total. The summed E-state index contributed by atoms with van der Waals surface area (Å²) in [7, 11) is -3.60. The van der Waals surface area contributed by atoms with Gasteiger partial charge in [-0.3, -0.25) is 9.59 Å². The molecule has 0 radical (unpaired) electrons. The fraction of sp³-hybridized carbons (Fsp3) is 0.222. The van der Waals surface area contributed by atoms with Crippen LogP contribution in [0, 0.1) is 5.82 Å². The van der Waals surface area contributed by atoms with Gasteiger partial charge < -0.3 is 11.1 Å². The van der Waals surface area contributed by atoms with Crippen molar-refractivity contribution in [2.75, 3.05) is 5.75 Å². The van der Waals surface area contributed by atoms with E-state index in [1.165, 1.54) is 30.3 Å². The van der Waals surface area contributed by atoms with E-state index < -0.39 is 33.5 Å². The van der Waals surface area contributed by atoms with Crippen molar-refractivity contribution in [1.82, 2.24) is 5.32 Å². The maximum Gasteiger partial charge on any atom is 0.240 e. The van der Waals surface area contributed by atoms with Crippen molar-refractivity contribution in [2.45, 2.75) is 23.8 Å². The zero-order chi connectivity index (χ0) is 19.2. The van der Waals surface area contributed by atoms with Crippen LogP contribution in [0.3, 0.4) is 0 Å². The zero-order valence-corrected chi connectivity index (χ0v) is 14.7. The zero-order valence-electron chi connectivity index (χ0n) is 13.9. The SMILES string of the molecule is NC(=O)[C@@H](CCS(=O)(=O)c1ccccc1)NC(=O)Cc1cccc(F)c1. The van der Waals surface area contributed by atoms with Gasteiger partial charge in [-0.25, -0.2) is 12.8 Å². The Morgan fingerprint density at radius 2 is 1.77 bits per heavy atom. The normalized spacial score (nSPS) is 12.3. The van der Waals surface area contributed by atoms with Crippen LogP contribution in [-0.4, -0.2) is 32.0 Å². The molecule has 2 aromatic rings. The van der Waals surface area contributed by atoms with E-state index >= 15 is 0 Å². The van der Waals surface area contributed by atoms with Crippen molar-refractivity contribution in [3.05, 3.63) is 66.0 Å². The minimum absolute atomic E-state index is 0.134. The molecular weight excluding hydrogens is 359 g/mol. The maximum absolute atomic E-state index is 13.1. The number of hydrogen-bond donors (Lipinski definition) is 2. The van der Waals surface area contributed by atoms with E-state index in [1.807, 2.05) is 0 Å². The number of rotatable bonds is 8. The lowest BCUT2D eigenvalue weighted by atomic mass is 10.1. The molecule has 0 aromatic heterocycles. The molecule has 0 saturated heterocycles. The predicted molar refractivity (Wildman–Crippen MR) is 94.3 cm³/mol. The third-order valence-corrected chi connectivity index (χ3v) is 5.47. The molecule has 0 unspecified atom stereocenters. The molecule has 6 nitrogen and oxygen atoms in total. The lowest BCUT2D eigenvalue weighted by Gasteiger charge is -2.15. The molecule has 0 aliphatic heterocycles. The highest BCUT2D eigenvalue weighted by Crippen LogP contribution is 2.12. The fourth-order valence-electron chi connectivity index (χ4n) is 2.38. The highest BCUT2D eigenvalue weighted by molar-refractivity contribution is 7.91. The standard InChI is InChI=1S/C18H19FN2O4S/c19-14-6-4-5-13(11-14)12-17(22)21-16(18(20)23)9-10-26(24,25)15-7-2-1-3-8-15/h1-8,11,16H,9-10,12H2,(H2,20,23)(H,21,22)/t16-/m1/s1. The number of nitrogens with two attached hydrogens (primary N) is 1. The topological polar surface area (TPSA) is 106 Å². The summed E-state index contributed by atoms with van der Waals surface area (Å²) < 4.78 is 37.7. The number of halogens is 1. The Bertz CT molecular complexity index is 885. The molecule has 0 bridgehead atoms. The van der Waals surface area contributed by atoms with E-state index in [2.05, 4.69) is 5.32 Å². The monoisotopic (exact) mass is 378 g/mol. The molecule has 2 aromatic carbocycles. The predicted octanol–water partition coefficient (Wildman–Crippen LogP) is 1.20. The van der Waals surface area contributed by atoms with Crippen LogP contribution in [-0.2, 0) is 25.8 Å². The minimum atomic E-state index is -3.60. The first-order chi connectivity index (χ1) is 12.3. The summed E-state index contributed by atoms with van der Waals surface area (Å²) in [5, 5.41) is 2.41. The first kappa shape index (κ1) is 19.6. The number of hydrogen-bond acceptors (Lipinski definition) is 4. The van der Waals surface area contributed by atoms with Crippen LogP contribution in [0.2, 0.25) is 0 Å². The van der Waals surface area contributed by atoms with Gasteiger partial charge in [-0.05, 0) is 36.2 Å². The molecule has 0 aliphatic rings. The molecule has 0 spiro atoms. The van der Waals surface area contributed by atoms with Crippen molar-refractivity contribution in [3.63, 3.8) is 0 Å². The Hall–Kier alpha value is -2.74. The van der Waals surface area contributed by atoms with Gasteiger partial charge in [0.1, 0.15) is 11.9 Å². The lowest BCUT2D eigenvalue weighted by molar-refractivity contribution is -0.127. The van der Waals surface area contributed by atoms with Crippen LogP contribution in [0.1, 0.15) is 12.0 Å². The molecule has 138 valence electrons. The average molecular weight is 378 g/mol. The molecule has 8 heteroatoms. The first-order valence-corrected chi connectivity index (χ1v) is 9.54. The summed E-state index contributed by atoms with van der Waals surface area (Å²) in [5.74, 6) is -2.20. The van der Waals surface area contributed by atoms with E-state index in [4.69, 9.17) is 5.73 Å². The summed E-state index contributed by atoms with van der Waals surface area (Å²) >= 11 is 0. The summed E-state index contributed by atoms with van der Waals surface area (Å²) in [4.78, 5) is 23.7. The van der Waals surface area contributed by atoms with Crippen LogP contribution in [0.25, 0.3) is 0 Å². The molecule has 2 rings (SSSR count). The largest absolute Gasteiger partial charge is 0.368 e. The summed E-state index contributed by atoms with van der Waals surface area (Å²) in [6.45, 7) is 0. The van der Waals surface area contributed by atoms with Gasteiger partial charge in [-0.2, -0.15) is 0 Å². The lowest BCUT2D eigenvalue weighted by Crippen LogP contribution is -2.45. The van der Waals surface area contributed by atoms with Crippen molar-refractivity contribution >= 4 is 21.7 Å². The van der Waals surface area contributed by atoms with Crippen molar-refractivity contribution in [3.8, 4) is 0 Å². The second-order valence-corrected chi connectivity index (χ2v) is 7.86. The van der Waals surface area contributed by atoms with Gasteiger partial charge in [0.2, 0.25) is 11.8 Å². The Labute approximate surface area is 151 Å².